The van der Waals surface area contributed by atoms with Gasteiger partial charge in [-0.1, -0.05) is 40.2 Å². The zero-order valence-electron chi connectivity index (χ0n) is 14.9. The minimum atomic E-state index is -0.719. The van der Waals surface area contributed by atoms with Crippen molar-refractivity contribution in [2.24, 2.45) is 0 Å². The fourth-order valence-corrected chi connectivity index (χ4v) is 3.72. The van der Waals surface area contributed by atoms with Crippen molar-refractivity contribution in [1.29, 1.82) is 0 Å². The number of amides is 1. The second-order valence-corrected chi connectivity index (χ2v) is 7.80. The summed E-state index contributed by atoms with van der Waals surface area (Å²) in [4.78, 5) is 37.7. The topological polar surface area (TPSA) is 72.5 Å². The molecule has 2 aromatic carbocycles. The number of anilines is 1. The zero-order chi connectivity index (χ0) is 20.1. The Bertz CT molecular complexity index is 1030. The average Bonchev–Trinajstić information content (AvgIpc) is 3.22. The van der Waals surface area contributed by atoms with Crippen molar-refractivity contribution in [3.05, 3.63) is 86.0 Å². The van der Waals surface area contributed by atoms with Crippen LogP contribution in [0.5, 0.6) is 0 Å². The van der Waals surface area contributed by atoms with E-state index in [-0.39, 0.29) is 16.9 Å². The molecule has 7 heteroatoms. The van der Waals surface area contributed by atoms with Crippen LogP contribution in [-0.2, 0) is 9.53 Å². The Morgan fingerprint density at radius 1 is 1.04 bits per heavy atom. The number of ketones is 1. The van der Waals surface area contributed by atoms with E-state index in [1.807, 2.05) is 13.0 Å². The molecule has 0 saturated carbocycles. The Morgan fingerprint density at radius 3 is 2.46 bits per heavy atom. The van der Waals surface area contributed by atoms with Crippen molar-refractivity contribution in [2.45, 2.75) is 6.92 Å². The predicted molar refractivity (Wildman–Crippen MR) is 112 cm³/mol. The summed E-state index contributed by atoms with van der Waals surface area (Å²) in [5, 5.41) is 4.50. The molecule has 3 aromatic rings. The van der Waals surface area contributed by atoms with E-state index in [1.165, 1.54) is 17.4 Å². The van der Waals surface area contributed by atoms with Crippen molar-refractivity contribution in [2.75, 3.05) is 11.9 Å². The zero-order valence-corrected chi connectivity index (χ0v) is 17.3. The van der Waals surface area contributed by atoms with Crippen molar-refractivity contribution >= 4 is 50.6 Å². The minimum absolute atomic E-state index is 0.133. The number of nitrogens with one attached hydrogen (secondary N) is 1. The van der Waals surface area contributed by atoms with Gasteiger partial charge in [0.05, 0.1) is 10.4 Å². The lowest BCUT2D eigenvalue weighted by molar-refractivity contribution is -0.119. The highest BCUT2D eigenvalue weighted by Gasteiger charge is 2.20. The molecule has 1 aromatic heterocycles. The van der Waals surface area contributed by atoms with Crippen molar-refractivity contribution in [3.63, 3.8) is 0 Å². The molecule has 0 radical (unpaired) electrons. The molecular weight excluding hydrogens is 442 g/mol. The molecule has 142 valence electrons. The van der Waals surface area contributed by atoms with Crippen molar-refractivity contribution in [3.8, 4) is 0 Å². The van der Waals surface area contributed by atoms with Gasteiger partial charge in [0.15, 0.2) is 6.61 Å². The first-order chi connectivity index (χ1) is 13.5. The van der Waals surface area contributed by atoms with Gasteiger partial charge in [0.25, 0.3) is 5.91 Å². The van der Waals surface area contributed by atoms with Gasteiger partial charge < -0.3 is 10.1 Å². The lowest BCUT2D eigenvalue weighted by atomic mass is 10.0. The molecule has 0 atom stereocenters. The lowest BCUT2D eigenvalue weighted by Gasteiger charge is -2.10. The van der Waals surface area contributed by atoms with Gasteiger partial charge >= 0.3 is 5.97 Å². The van der Waals surface area contributed by atoms with Crippen LogP contribution in [0.15, 0.2) is 64.5 Å². The van der Waals surface area contributed by atoms with Crippen LogP contribution in [0.25, 0.3) is 0 Å². The Balaban J connectivity index is 1.67. The molecule has 0 aliphatic heterocycles. The van der Waals surface area contributed by atoms with E-state index in [9.17, 15) is 14.4 Å². The van der Waals surface area contributed by atoms with E-state index in [0.717, 1.165) is 10.0 Å². The smallest absolute Gasteiger partial charge is 0.339 e. The maximum atomic E-state index is 12.6. The molecule has 1 amide bonds. The molecule has 0 saturated heterocycles. The molecule has 1 N–H and O–H groups in total. The van der Waals surface area contributed by atoms with Crippen molar-refractivity contribution < 1.29 is 19.1 Å². The molecule has 0 aliphatic carbocycles. The van der Waals surface area contributed by atoms with Crippen LogP contribution in [0.1, 0.15) is 31.2 Å². The number of benzene rings is 2. The van der Waals surface area contributed by atoms with E-state index < -0.39 is 18.5 Å². The van der Waals surface area contributed by atoms with E-state index in [4.69, 9.17) is 4.74 Å². The highest BCUT2D eigenvalue weighted by molar-refractivity contribution is 9.10. The number of halogens is 1. The van der Waals surface area contributed by atoms with Gasteiger partial charge in [-0.2, -0.15) is 0 Å². The van der Waals surface area contributed by atoms with Gasteiger partial charge in [0, 0.05) is 15.7 Å². The second-order valence-electron chi connectivity index (χ2n) is 5.94. The third-order valence-electron chi connectivity index (χ3n) is 3.93. The molecule has 5 nitrogen and oxygen atoms in total. The Labute approximate surface area is 174 Å². The van der Waals surface area contributed by atoms with E-state index >= 15 is 0 Å². The largest absolute Gasteiger partial charge is 0.452 e. The first kappa shape index (κ1) is 20.0. The lowest BCUT2D eigenvalue weighted by Crippen LogP contribution is -2.22. The molecule has 3 rings (SSSR count). The quantitative estimate of drug-likeness (QED) is 0.424. The van der Waals surface area contributed by atoms with Crippen molar-refractivity contribution in [1.82, 2.24) is 0 Å². The number of esters is 1. The van der Waals surface area contributed by atoms with Crippen LogP contribution < -0.4 is 5.32 Å². The maximum Gasteiger partial charge on any atom is 0.339 e. The van der Waals surface area contributed by atoms with Gasteiger partial charge in [-0.25, -0.2) is 4.79 Å². The molecule has 0 bridgehead atoms. The fourth-order valence-electron chi connectivity index (χ4n) is 2.56. The molecule has 0 unspecified atom stereocenters. The second kappa shape index (κ2) is 8.95. The summed E-state index contributed by atoms with van der Waals surface area (Å²) in [6.07, 6.45) is 0. The van der Waals surface area contributed by atoms with Crippen LogP contribution >= 0.6 is 27.3 Å². The third kappa shape index (κ3) is 4.74. The molecule has 0 aliphatic rings. The summed E-state index contributed by atoms with van der Waals surface area (Å²) in [5.74, 6) is -1.43. The fraction of sp³-hybridized carbons (Fsp3) is 0.0952. The number of hydrogen-bond acceptors (Lipinski definition) is 5. The van der Waals surface area contributed by atoms with Gasteiger partial charge in [-0.05, 0) is 48.2 Å². The molecule has 0 spiro atoms. The summed E-state index contributed by atoms with van der Waals surface area (Å²) in [6.45, 7) is 1.41. The SMILES string of the molecule is Cc1cc(Br)ccc1NC(=O)COC(=O)c1ccccc1C(=O)c1cccs1. The minimum Gasteiger partial charge on any atom is -0.452 e. The highest BCUT2D eigenvalue weighted by Crippen LogP contribution is 2.21. The number of rotatable bonds is 6. The molecular formula is C21H16BrNO4S. The van der Waals surface area contributed by atoms with E-state index in [2.05, 4.69) is 21.2 Å². The third-order valence-corrected chi connectivity index (χ3v) is 5.30. The normalized spacial score (nSPS) is 10.4. The van der Waals surface area contributed by atoms with E-state index in [1.54, 1.807) is 47.8 Å². The van der Waals surface area contributed by atoms with Gasteiger partial charge in [0.1, 0.15) is 0 Å². The van der Waals surface area contributed by atoms with Crippen LogP contribution in [0.3, 0.4) is 0 Å². The average molecular weight is 458 g/mol. The number of hydrogen-bond donors (Lipinski definition) is 1. The summed E-state index contributed by atoms with van der Waals surface area (Å²) in [6, 6.07) is 15.3. The van der Waals surface area contributed by atoms with Crippen LogP contribution in [-0.4, -0.2) is 24.3 Å². The number of thiophene rings is 1. The van der Waals surface area contributed by atoms with E-state index in [0.29, 0.717) is 10.6 Å². The number of aryl methyl sites for hydroxylation is 1. The number of carbonyl (C=O) groups is 3. The Morgan fingerprint density at radius 2 is 1.79 bits per heavy atom. The first-order valence-corrected chi connectivity index (χ1v) is 10.0. The van der Waals surface area contributed by atoms with Gasteiger partial charge in [0.2, 0.25) is 5.78 Å². The van der Waals surface area contributed by atoms with Gasteiger partial charge in [-0.3, -0.25) is 9.59 Å². The molecule has 1 heterocycles. The number of carbonyl (C=O) groups excluding carboxylic acids is 3. The first-order valence-electron chi connectivity index (χ1n) is 8.36. The standard InChI is InChI=1S/C21H16BrNO4S/c1-13-11-14(22)8-9-17(13)23-19(24)12-27-21(26)16-6-3-2-5-15(16)20(25)18-7-4-10-28-18/h2-11H,12H2,1H3,(H,23,24). The van der Waals surface area contributed by atoms with Gasteiger partial charge in [-0.15, -0.1) is 11.3 Å². The Kier molecular flexibility index (Phi) is 6.38. The highest BCUT2D eigenvalue weighted by atomic mass is 79.9. The summed E-state index contributed by atoms with van der Waals surface area (Å²) < 4.78 is 6.03. The number of ether oxygens (including phenoxy) is 1. The maximum absolute atomic E-state index is 12.6. The monoisotopic (exact) mass is 457 g/mol. The summed E-state index contributed by atoms with van der Waals surface area (Å²) in [5.41, 5.74) is 1.89. The predicted octanol–water partition coefficient (Wildman–Crippen LogP) is 4.85. The summed E-state index contributed by atoms with van der Waals surface area (Å²) >= 11 is 4.66. The van der Waals surface area contributed by atoms with Crippen LogP contribution in [0.2, 0.25) is 0 Å². The molecule has 28 heavy (non-hydrogen) atoms. The summed E-state index contributed by atoms with van der Waals surface area (Å²) in [7, 11) is 0. The van der Waals surface area contributed by atoms with Crippen LogP contribution in [0, 0.1) is 6.92 Å². The Hall–Kier alpha value is -2.77. The van der Waals surface area contributed by atoms with Crippen LogP contribution in [0.4, 0.5) is 5.69 Å². The molecule has 0 fully saturated rings.